The maximum absolute atomic E-state index is 13.0. The maximum Gasteiger partial charge on any atom is 0.472 e. The third kappa shape index (κ3) is 57.2. The van der Waals surface area contributed by atoms with Crippen molar-refractivity contribution in [1.29, 1.82) is 0 Å². The summed E-state index contributed by atoms with van der Waals surface area (Å²) in [5.74, 6) is -1.37. The molecule has 0 radical (unpaired) electrons. The summed E-state index contributed by atoms with van der Waals surface area (Å²) in [5, 5.41) is 10.5. The van der Waals surface area contributed by atoms with Crippen molar-refractivity contribution in [2.24, 2.45) is 5.92 Å². The van der Waals surface area contributed by atoms with Gasteiger partial charge in [0.25, 0.3) is 0 Å². The monoisotopic (exact) mass is 1210 g/mol. The van der Waals surface area contributed by atoms with Crippen molar-refractivity contribution in [2.45, 2.75) is 335 Å². The highest BCUT2D eigenvalue weighted by atomic mass is 31.2. The fraction of sp³-hybridized carbons (Fsp3) is 0.937. The van der Waals surface area contributed by atoms with Crippen LogP contribution in [0.25, 0.3) is 0 Å². The topological polar surface area (TPSA) is 237 Å². The van der Waals surface area contributed by atoms with E-state index in [0.29, 0.717) is 25.7 Å². The van der Waals surface area contributed by atoms with E-state index >= 15 is 0 Å². The minimum absolute atomic E-state index is 0.105. The summed E-state index contributed by atoms with van der Waals surface area (Å²) >= 11 is 0. The van der Waals surface area contributed by atoms with Crippen LogP contribution in [0.5, 0.6) is 0 Å². The van der Waals surface area contributed by atoms with Crippen molar-refractivity contribution in [3.8, 4) is 0 Å². The first-order valence-corrected chi connectivity index (χ1v) is 36.1. The third-order valence-corrected chi connectivity index (χ3v) is 16.4. The minimum atomic E-state index is -4.94. The molecule has 17 nitrogen and oxygen atoms in total. The average molecular weight is 1210 g/mol. The molecule has 82 heavy (non-hydrogen) atoms. The molecule has 0 amide bonds. The standard InChI is InChI=1S/C63H122O17P2/c1-6-9-12-15-18-21-22-25-28-33-37-42-47-61(66)74-53-59(80-63(68)49-44-39-34-29-26-23-24-27-30-35-40-45-56(4)5)55-78-82(71,72)76-51-57(64)50-75-81(69,70)77-54-58(79-62(67)48-43-38-32-20-17-14-11-8-3)52-73-60(65)46-41-36-31-19-16-13-10-7-2/h56-59,64H,6-55H2,1-5H3,(H,69,70)(H,71,72)/t57-,58+,59+/m0/s1. The predicted octanol–water partition coefficient (Wildman–Crippen LogP) is 17.4. The molecule has 0 fully saturated rings. The van der Waals surface area contributed by atoms with E-state index in [9.17, 15) is 43.2 Å². The molecule has 0 rings (SSSR count). The minimum Gasteiger partial charge on any atom is -0.462 e. The van der Waals surface area contributed by atoms with Crippen molar-refractivity contribution in [3.05, 3.63) is 0 Å². The zero-order valence-corrected chi connectivity index (χ0v) is 54.4. The molecular weight excluding hydrogens is 1090 g/mol. The van der Waals surface area contributed by atoms with E-state index in [4.69, 9.17) is 37.0 Å². The van der Waals surface area contributed by atoms with Crippen LogP contribution in [0.2, 0.25) is 0 Å². The molecule has 0 saturated heterocycles. The molecule has 0 bridgehead atoms. The normalized spacial score (nSPS) is 14.3. The van der Waals surface area contributed by atoms with Gasteiger partial charge in [-0.05, 0) is 31.6 Å². The van der Waals surface area contributed by atoms with E-state index in [1.807, 2.05) is 0 Å². The van der Waals surface area contributed by atoms with Gasteiger partial charge in [0.1, 0.15) is 19.3 Å². The lowest BCUT2D eigenvalue weighted by atomic mass is 10.0. The van der Waals surface area contributed by atoms with Gasteiger partial charge in [-0.3, -0.25) is 37.3 Å². The number of phosphoric ester groups is 2. The zero-order valence-electron chi connectivity index (χ0n) is 52.6. The second-order valence-corrected chi connectivity index (χ2v) is 26.2. The van der Waals surface area contributed by atoms with Crippen LogP contribution in [0.1, 0.15) is 317 Å². The highest BCUT2D eigenvalue weighted by Gasteiger charge is 2.30. The first-order valence-electron chi connectivity index (χ1n) is 33.1. The fourth-order valence-electron chi connectivity index (χ4n) is 9.41. The number of carbonyl (C=O) groups is 4. The Kier molecular flexibility index (Phi) is 55.5. The second kappa shape index (κ2) is 56.8. The van der Waals surface area contributed by atoms with Gasteiger partial charge in [-0.25, -0.2) is 9.13 Å². The van der Waals surface area contributed by atoms with Gasteiger partial charge in [-0.15, -0.1) is 0 Å². The molecule has 2 unspecified atom stereocenters. The number of aliphatic hydroxyl groups excluding tert-OH is 1. The van der Waals surface area contributed by atoms with Crippen LogP contribution in [0.15, 0.2) is 0 Å². The molecule has 3 N–H and O–H groups in total. The van der Waals surface area contributed by atoms with Crippen LogP contribution in [0, 0.1) is 5.92 Å². The molecule has 19 heteroatoms. The van der Waals surface area contributed by atoms with Crippen LogP contribution in [-0.4, -0.2) is 96.7 Å². The number of aliphatic hydroxyl groups is 1. The summed E-state index contributed by atoms with van der Waals surface area (Å²) in [4.78, 5) is 72.0. The first-order chi connectivity index (χ1) is 39.5. The smallest absolute Gasteiger partial charge is 0.462 e. The number of ether oxygens (including phenoxy) is 4. The molecule has 0 aliphatic carbocycles. The Morgan fingerprint density at radius 2 is 0.561 bits per heavy atom. The average Bonchev–Trinajstić information content (AvgIpc) is 3.46. The van der Waals surface area contributed by atoms with Crippen molar-refractivity contribution in [3.63, 3.8) is 0 Å². The summed E-state index contributed by atoms with van der Waals surface area (Å²) < 4.78 is 67.8. The van der Waals surface area contributed by atoms with Crippen molar-refractivity contribution in [2.75, 3.05) is 39.6 Å². The van der Waals surface area contributed by atoms with Gasteiger partial charge in [0, 0.05) is 25.7 Å². The summed E-state index contributed by atoms with van der Waals surface area (Å²) in [6, 6.07) is 0. The molecule has 486 valence electrons. The number of phosphoric acid groups is 2. The van der Waals surface area contributed by atoms with E-state index in [1.165, 1.54) is 128 Å². The van der Waals surface area contributed by atoms with Crippen LogP contribution in [0.4, 0.5) is 0 Å². The Labute approximate surface area is 498 Å². The van der Waals surface area contributed by atoms with Crippen LogP contribution in [-0.2, 0) is 65.4 Å². The lowest BCUT2D eigenvalue weighted by Crippen LogP contribution is -2.30. The summed E-state index contributed by atoms with van der Waals surface area (Å²) in [7, 11) is -9.88. The van der Waals surface area contributed by atoms with Gasteiger partial charge in [-0.2, -0.15) is 0 Å². The van der Waals surface area contributed by atoms with Crippen molar-refractivity contribution in [1.82, 2.24) is 0 Å². The van der Waals surface area contributed by atoms with E-state index in [2.05, 4.69) is 34.6 Å². The summed E-state index contributed by atoms with van der Waals surface area (Å²) in [5.41, 5.74) is 0. The predicted molar refractivity (Wildman–Crippen MR) is 326 cm³/mol. The van der Waals surface area contributed by atoms with Crippen LogP contribution in [0.3, 0.4) is 0 Å². The molecule has 5 atom stereocenters. The third-order valence-electron chi connectivity index (χ3n) is 14.5. The molecule has 0 aromatic rings. The van der Waals surface area contributed by atoms with Gasteiger partial charge in [0.15, 0.2) is 12.2 Å². The number of rotatable bonds is 63. The number of hydrogen-bond acceptors (Lipinski definition) is 15. The lowest BCUT2D eigenvalue weighted by molar-refractivity contribution is -0.161. The molecule has 0 heterocycles. The Balaban J connectivity index is 5.21. The highest BCUT2D eigenvalue weighted by molar-refractivity contribution is 7.47. The largest absolute Gasteiger partial charge is 0.472 e. The number of hydrogen-bond donors (Lipinski definition) is 3. The quantitative estimate of drug-likeness (QED) is 0.0222. The summed E-state index contributed by atoms with van der Waals surface area (Å²) in [6.45, 7) is 7.14. The molecule has 0 aromatic carbocycles. The second-order valence-electron chi connectivity index (χ2n) is 23.3. The van der Waals surface area contributed by atoms with Gasteiger partial charge in [0.05, 0.1) is 26.4 Å². The Bertz CT molecular complexity index is 1600. The summed E-state index contributed by atoms with van der Waals surface area (Å²) in [6.07, 6.45) is 40.3. The van der Waals surface area contributed by atoms with Crippen molar-refractivity contribution < 1.29 is 80.2 Å². The van der Waals surface area contributed by atoms with E-state index in [-0.39, 0.29) is 25.7 Å². The molecule has 0 aliphatic heterocycles. The number of carbonyl (C=O) groups excluding carboxylic acids is 4. The van der Waals surface area contributed by atoms with Gasteiger partial charge < -0.3 is 33.8 Å². The first kappa shape index (κ1) is 80.1. The van der Waals surface area contributed by atoms with E-state index < -0.39 is 97.5 Å². The Morgan fingerprint density at radius 1 is 0.329 bits per heavy atom. The van der Waals surface area contributed by atoms with Gasteiger partial charge in [-0.1, -0.05) is 266 Å². The fourth-order valence-corrected chi connectivity index (χ4v) is 11.0. The Hall–Kier alpha value is -1.94. The zero-order chi connectivity index (χ0) is 60.6. The molecule has 0 aromatic heterocycles. The van der Waals surface area contributed by atoms with Crippen LogP contribution >= 0.6 is 15.6 Å². The highest BCUT2D eigenvalue weighted by Crippen LogP contribution is 2.45. The lowest BCUT2D eigenvalue weighted by Gasteiger charge is -2.21. The molecule has 0 spiro atoms. The number of unbranched alkanes of at least 4 members (excludes halogenated alkanes) is 35. The van der Waals surface area contributed by atoms with E-state index in [0.717, 1.165) is 109 Å². The Morgan fingerprint density at radius 3 is 0.829 bits per heavy atom. The van der Waals surface area contributed by atoms with Gasteiger partial charge in [0.2, 0.25) is 0 Å². The maximum atomic E-state index is 13.0. The van der Waals surface area contributed by atoms with Crippen molar-refractivity contribution >= 4 is 39.5 Å². The van der Waals surface area contributed by atoms with Gasteiger partial charge >= 0.3 is 39.5 Å². The molecule has 0 aliphatic rings. The number of esters is 4. The van der Waals surface area contributed by atoms with Crippen LogP contribution < -0.4 is 0 Å². The molecular formula is C63H122O17P2. The molecule has 0 saturated carbocycles. The SMILES string of the molecule is CCCCCCCCCCCCCCC(=O)OC[C@H](COP(=O)(O)OC[C@@H](O)COP(=O)(O)OC[C@@H](COC(=O)CCCCCCCCCC)OC(=O)CCCCCCCCCC)OC(=O)CCCCCCCCCCCCCC(C)C. The van der Waals surface area contributed by atoms with E-state index in [1.54, 1.807) is 0 Å².